The Morgan fingerprint density at radius 3 is 2.00 bits per heavy atom. The monoisotopic (exact) mass is 684 g/mol. The van der Waals surface area contributed by atoms with Gasteiger partial charge >= 0.3 is 24.3 Å². The van der Waals surface area contributed by atoms with Crippen LogP contribution in [0, 0.1) is 0 Å². The summed E-state index contributed by atoms with van der Waals surface area (Å²) in [6.07, 6.45) is -4.01. The largest absolute Gasteiger partial charge is 0.490 e. The lowest BCUT2D eigenvalue weighted by Crippen LogP contribution is -2.21. The highest BCUT2D eigenvalue weighted by molar-refractivity contribution is 7.09. The van der Waals surface area contributed by atoms with Crippen molar-refractivity contribution in [1.82, 2.24) is 19.5 Å². The van der Waals surface area contributed by atoms with Crippen molar-refractivity contribution >= 4 is 45.9 Å². The van der Waals surface area contributed by atoms with Crippen LogP contribution in [0.1, 0.15) is 52.3 Å². The maximum absolute atomic E-state index is 10.6. The molecule has 5 aromatic rings. The Hall–Kier alpha value is -4.50. The van der Waals surface area contributed by atoms with E-state index in [2.05, 4.69) is 50.9 Å². The molecule has 1 unspecified atom stereocenters. The summed E-state index contributed by atoms with van der Waals surface area (Å²) < 4.78 is 65.8. The van der Waals surface area contributed by atoms with Gasteiger partial charge < -0.3 is 14.8 Å². The number of hydrogen-bond acceptors (Lipinski definition) is 6. The molecule has 46 heavy (non-hydrogen) atoms. The van der Waals surface area contributed by atoms with E-state index in [1.807, 2.05) is 42.0 Å². The number of rotatable bonds is 6. The SMILES string of the molecule is Clc1ccc(C(c2ccc3nc(C4CC4)n(Cc4ccccn4)c3c2)c2nccs2)cc1.O=C(O)C(F)(F)F.O=C(O)C(F)(F)F. The second-order valence-electron chi connectivity index (χ2n) is 9.86. The lowest BCUT2D eigenvalue weighted by Gasteiger charge is -2.17. The fraction of sp³-hybridized carbons (Fsp3) is 0.233. The summed E-state index contributed by atoms with van der Waals surface area (Å²) in [7, 11) is 0. The number of imidazole rings is 1. The van der Waals surface area contributed by atoms with Gasteiger partial charge in [0, 0.05) is 28.7 Å². The Kier molecular flexibility index (Phi) is 10.7. The zero-order chi connectivity index (χ0) is 33.6. The number of thiazole rings is 1. The van der Waals surface area contributed by atoms with Crippen LogP contribution in [0.5, 0.6) is 0 Å². The summed E-state index contributed by atoms with van der Waals surface area (Å²) in [5, 5.41) is 18.1. The Balaban J connectivity index is 0.000000289. The lowest BCUT2D eigenvalue weighted by atomic mass is 9.91. The van der Waals surface area contributed by atoms with E-state index in [4.69, 9.17) is 36.4 Å². The molecule has 0 saturated heterocycles. The predicted molar refractivity (Wildman–Crippen MR) is 157 cm³/mol. The predicted octanol–water partition coefficient (Wildman–Crippen LogP) is 7.91. The zero-order valence-electron chi connectivity index (χ0n) is 23.3. The van der Waals surface area contributed by atoms with E-state index in [1.165, 1.54) is 29.8 Å². The average molecular weight is 685 g/mol. The molecular weight excluding hydrogens is 662 g/mol. The molecule has 242 valence electrons. The van der Waals surface area contributed by atoms with E-state index in [1.54, 1.807) is 11.3 Å². The van der Waals surface area contributed by atoms with E-state index in [-0.39, 0.29) is 5.92 Å². The number of fused-ring (bicyclic) bond motifs is 1. The number of pyridine rings is 1. The van der Waals surface area contributed by atoms with Gasteiger partial charge in [-0.2, -0.15) is 26.3 Å². The van der Waals surface area contributed by atoms with Gasteiger partial charge in [-0.25, -0.2) is 19.6 Å². The second-order valence-corrected chi connectivity index (χ2v) is 11.2. The van der Waals surface area contributed by atoms with Crippen molar-refractivity contribution in [2.45, 2.75) is 43.6 Å². The number of carboxylic acids is 2. The van der Waals surface area contributed by atoms with E-state index in [0.717, 1.165) is 33.3 Å². The van der Waals surface area contributed by atoms with Crippen LogP contribution >= 0.6 is 22.9 Å². The number of alkyl halides is 6. The molecule has 0 bridgehead atoms. The molecule has 2 aromatic carbocycles. The fourth-order valence-electron chi connectivity index (χ4n) is 4.32. The van der Waals surface area contributed by atoms with Crippen molar-refractivity contribution in [2.75, 3.05) is 0 Å². The number of aromatic nitrogens is 4. The van der Waals surface area contributed by atoms with Gasteiger partial charge in [-0.1, -0.05) is 35.9 Å². The molecule has 1 fully saturated rings. The van der Waals surface area contributed by atoms with E-state index in [0.29, 0.717) is 5.92 Å². The number of benzene rings is 2. The van der Waals surface area contributed by atoms with Crippen LogP contribution in [-0.4, -0.2) is 54.0 Å². The fourth-order valence-corrected chi connectivity index (χ4v) is 5.24. The first-order valence-corrected chi connectivity index (χ1v) is 14.6. The molecule has 0 radical (unpaired) electrons. The van der Waals surface area contributed by atoms with Gasteiger partial charge in [0.1, 0.15) is 10.8 Å². The van der Waals surface area contributed by atoms with Crippen LogP contribution in [-0.2, 0) is 16.1 Å². The average Bonchev–Trinajstić information content (AvgIpc) is 3.58. The molecule has 1 aliphatic carbocycles. The molecule has 16 heteroatoms. The Morgan fingerprint density at radius 1 is 0.891 bits per heavy atom. The van der Waals surface area contributed by atoms with Crippen molar-refractivity contribution in [2.24, 2.45) is 0 Å². The highest BCUT2D eigenvalue weighted by Gasteiger charge is 2.39. The first kappa shape index (κ1) is 34.4. The molecule has 0 amide bonds. The quantitative estimate of drug-likeness (QED) is 0.175. The molecule has 1 atom stereocenters. The van der Waals surface area contributed by atoms with Crippen molar-refractivity contribution in [3.8, 4) is 0 Å². The number of carbonyl (C=O) groups is 2. The van der Waals surface area contributed by atoms with Crippen molar-refractivity contribution < 1.29 is 46.1 Å². The minimum Gasteiger partial charge on any atom is -0.475 e. The first-order chi connectivity index (χ1) is 21.6. The highest BCUT2D eigenvalue weighted by atomic mass is 35.5. The molecule has 0 spiro atoms. The summed E-state index contributed by atoms with van der Waals surface area (Å²) in [6.45, 7) is 0.732. The van der Waals surface area contributed by atoms with Gasteiger partial charge in [0.25, 0.3) is 0 Å². The Morgan fingerprint density at radius 2 is 1.50 bits per heavy atom. The Bertz CT molecular complexity index is 1750. The molecule has 2 N–H and O–H groups in total. The first-order valence-electron chi connectivity index (χ1n) is 13.3. The number of nitrogens with zero attached hydrogens (tertiary/aromatic N) is 4. The van der Waals surface area contributed by atoms with E-state index in [9.17, 15) is 26.3 Å². The molecule has 8 nitrogen and oxygen atoms in total. The zero-order valence-corrected chi connectivity index (χ0v) is 24.9. The third-order valence-electron chi connectivity index (χ3n) is 6.51. The molecular formula is C30H23ClF6N4O4S. The summed E-state index contributed by atoms with van der Waals surface area (Å²) in [5.74, 6) is -3.72. The summed E-state index contributed by atoms with van der Waals surface area (Å²) >= 11 is 7.85. The van der Waals surface area contributed by atoms with E-state index < -0.39 is 24.3 Å². The van der Waals surface area contributed by atoms with E-state index >= 15 is 0 Å². The molecule has 1 aliphatic rings. The molecule has 1 saturated carbocycles. The molecule has 0 aliphatic heterocycles. The van der Waals surface area contributed by atoms with Crippen LogP contribution < -0.4 is 0 Å². The van der Waals surface area contributed by atoms with Crippen LogP contribution in [0.25, 0.3) is 11.0 Å². The smallest absolute Gasteiger partial charge is 0.475 e. The highest BCUT2D eigenvalue weighted by Crippen LogP contribution is 2.42. The van der Waals surface area contributed by atoms with Gasteiger partial charge in [-0.05, 0) is 60.4 Å². The van der Waals surface area contributed by atoms with Gasteiger partial charge in [0.2, 0.25) is 0 Å². The minimum absolute atomic E-state index is 0.0549. The standard InChI is InChI=1S/C26H21ClN4S.2C2HF3O2/c27-20-9-6-17(7-10-20)24(26-29-13-14-32-26)19-8-11-22-23(15-19)31(25(30-22)18-4-5-18)16-21-3-1-2-12-28-21;2*3-2(4,5)1(6)7/h1-3,6-15,18,24H,4-5,16H2;2*(H,6,7). The summed E-state index contributed by atoms with van der Waals surface area (Å²) in [6, 6.07) is 20.8. The van der Waals surface area contributed by atoms with Crippen molar-refractivity contribution in [3.63, 3.8) is 0 Å². The number of aliphatic carboxylic acids is 2. The Labute approximate surface area is 266 Å². The number of carboxylic acid groups (broad SMARTS) is 2. The van der Waals surface area contributed by atoms with Crippen molar-refractivity contribution in [3.05, 3.63) is 111 Å². The second kappa shape index (κ2) is 14.3. The maximum atomic E-state index is 10.6. The van der Waals surface area contributed by atoms with Crippen LogP contribution in [0.4, 0.5) is 26.3 Å². The van der Waals surface area contributed by atoms with Gasteiger partial charge in [0.05, 0.1) is 29.2 Å². The van der Waals surface area contributed by atoms with Crippen LogP contribution in [0.3, 0.4) is 0 Å². The molecule has 3 aromatic heterocycles. The maximum Gasteiger partial charge on any atom is 0.490 e. The third kappa shape index (κ3) is 9.03. The van der Waals surface area contributed by atoms with Gasteiger partial charge in [-0.3, -0.25) is 4.98 Å². The number of halogens is 7. The van der Waals surface area contributed by atoms with Crippen LogP contribution in [0.15, 0.2) is 78.4 Å². The topological polar surface area (TPSA) is 118 Å². The molecule has 6 rings (SSSR count). The third-order valence-corrected chi connectivity index (χ3v) is 7.60. The van der Waals surface area contributed by atoms with Gasteiger partial charge in [-0.15, -0.1) is 11.3 Å². The lowest BCUT2D eigenvalue weighted by molar-refractivity contribution is -0.193. The van der Waals surface area contributed by atoms with Crippen LogP contribution in [0.2, 0.25) is 5.02 Å². The normalized spacial score (nSPS) is 13.6. The number of hydrogen-bond donors (Lipinski definition) is 2. The van der Waals surface area contributed by atoms with Crippen molar-refractivity contribution in [1.29, 1.82) is 0 Å². The minimum atomic E-state index is -5.08. The molecule has 3 heterocycles. The summed E-state index contributed by atoms with van der Waals surface area (Å²) in [4.78, 5) is 32.0. The summed E-state index contributed by atoms with van der Waals surface area (Å²) in [5.41, 5.74) is 5.64. The van der Waals surface area contributed by atoms with Gasteiger partial charge in [0.15, 0.2) is 0 Å².